The maximum atomic E-state index is 4.42. The van der Waals surface area contributed by atoms with Crippen molar-refractivity contribution >= 4 is 11.3 Å². The van der Waals surface area contributed by atoms with Crippen LogP contribution in [0.25, 0.3) is 0 Å². The van der Waals surface area contributed by atoms with E-state index in [0.717, 1.165) is 12.1 Å². The fraction of sp³-hybridized carbons (Fsp3) is 0.400. The van der Waals surface area contributed by atoms with Gasteiger partial charge < -0.3 is 0 Å². The van der Waals surface area contributed by atoms with E-state index in [1.165, 1.54) is 10.6 Å². The zero-order chi connectivity index (χ0) is 13.1. The van der Waals surface area contributed by atoms with Crippen LogP contribution in [0.1, 0.15) is 44.0 Å². The first kappa shape index (κ1) is 15.9. The quantitative estimate of drug-likeness (QED) is 0.722. The summed E-state index contributed by atoms with van der Waals surface area (Å²) >= 11 is 1.73. The molecule has 2 rings (SSSR count). The Kier molecular flexibility index (Phi) is 9.35. The van der Waals surface area contributed by atoms with Crippen LogP contribution in [-0.4, -0.2) is 4.98 Å². The molecule has 94 valence electrons. The lowest BCUT2D eigenvalue weighted by Crippen LogP contribution is -1.85. The number of thiazole rings is 1. The lowest BCUT2D eigenvalue weighted by Gasteiger charge is -1.95. The number of aromatic nitrogens is 1. The van der Waals surface area contributed by atoms with E-state index in [1.54, 1.807) is 11.3 Å². The standard InChI is InChI=1S/C11H11NS.2C2H6/c1-9-8-13-11(12-9)7-10-5-3-2-4-6-10;2*1-2/h2-6,8H,7H2,1H3;2*1-2H3. The second-order valence-corrected chi connectivity index (χ2v) is 3.99. The van der Waals surface area contributed by atoms with Gasteiger partial charge in [0.2, 0.25) is 0 Å². The summed E-state index contributed by atoms with van der Waals surface area (Å²) in [5, 5.41) is 3.29. The van der Waals surface area contributed by atoms with Crippen LogP contribution in [-0.2, 0) is 6.42 Å². The molecule has 0 saturated carbocycles. The maximum Gasteiger partial charge on any atom is 0.0972 e. The topological polar surface area (TPSA) is 12.9 Å². The number of hydrogen-bond donors (Lipinski definition) is 0. The second-order valence-electron chi connectivity index (χ2n) is 3.05. The molecule has 2 heteroatoms. The Labute approximate surface area is 110 Å². The molecule has 0 N–H and O–H groups in total. The van der Waals surface area contributed by atoms with Gasteiger partial charge in [-0.2, -0.15) is 0 Å². The summed E-state index contributed by atoms with van der Waals surface area (Å²) < 4.78 is 0. The minimum atomic E-state index is 0.958. The molecule has 2 aromatic rings. The van der Waals surface area contributed by atoms with E-state index in [-0.39, 0.29) is 0 Å². The van der Waals surface area contributed by atoms with E-state index >= 15 is 0 Å². The van der Waals surface area contributed by atoms with Gasteiger partial charge in [0.15, 0.2) is 0 Å². The number of hydrogen-bond acceptors (Lipinski definition) is 2. The number of rotatable bonds is 2. The van der Waals surface area contributed by atoms with Crippen molar-refractivity contribution in [3.8, 4) is 0 Å². The molecule has 0 atom stereocenters. The smallest absolute Gasteiger partial charge is 0.0972 e. The molecule has 0 aliphatic carbocycles. The van der Waals surface area contributed by atoms with E-state index in [1.807, 2.05) is 40.7 Å². The lowest BCUT2D eigenvalue weighted by atomic mass is 10.2. The number of nitrogens with zero attached hydrogens (tertiary/aromatic N) is 1. The third-order valence-electron chi connectivity index (χ3n) is 1.86. The maximum absolute atomic E-state index is 4.42. The van der Waals surface area contributed by atoms with Crippen molar-refractivity contribution < 1.29 is 0 Å². The Morgan fingerprint density at radius 1 is 1.00 bits per heavy atom. The van der Waals surface area contributed by atoms with Gasteiger partial charge >= 0.3 is 0 Å². The Morgan fingerprint density at radius 2 is 1.59 bits per heavy atom. The highest BCUT2D eigenvalue weighted by molar-refractivity contribution is 7.09. The van der Waals surface area contributed by atoms with Gasteiger partial charge in [-0.1, -0.05) is 58.0 Å². The molecular weight excluding hydrogens is 226 g/mol. The van der Waals surface area contributed by atoms with Crippen LogP contribution in [0.15, 0.2) is 35.7 Å². The molecule has 0 aliphatic rings. The van der Waals surface area contributed by atoms with Crippen molar-refractivity contribution in [2.45, 2.75) is 41.0 Å². The Bertz CT molecular complexity index is 379. The normalized spacial score (nSPS) is 8.53. The van der Waals surface area contributed by atoms with Gasteiger partial charge in [0.05, 0.1) is 5.01 Å². The monoisotopic (exact) mass is 249 g/mol. The summed E-state index contributed by atoms with van der Waals surface area (Å²) in [7, 11) is 0. The summed E-state index contributed by atoms with van der Waals surface area (Å²) in [6.45, 7) is 10.0. The average Bonchev–Trinajstić information content (AvgIpc) is 2.81. The third kappa shape index (κ3) is 6.22. The summed E-state index contributed by atoms with van der Waals surface area (Å²) in [6.07, 6.45) is 0.958. The van der Waals surface area contributed by atoms with E-state index < -0.39 is 0 Å². The molecule has 0 radical (unpaired) electrons. The van der Waals surface area contributed by atoms with Gasteiger partial charge in [0.1, 0.15) is 0 Å². The first-order valence-electron chi connectivity index (χ1n) is 6.29. The van der Waals surface area contributed by atoms with Gasteiger partial charge in [0, 0.05) is 17.5 Å². The molecule has 0 saturated heterocycles. The highest BCUT2D eigenvalue weighted by atomic mass is 32.1. The van der Waals surface area contributed by atoms with Gasteiger partial charge in [0.25, 0.3) is 0 Å². The molecule has 0 unspecified atom stereocenters. The van der Waals surface area contributed by atoms with Crippen molar-refractivity contribution in [1.29, 1.82) is 0 Å². The molecule has 17 heavy (non-hydrogen) atoms. The van der Waals surface area contributed by atoms with Gasteiger partial charge in [-0.15, -0.1) is 11.3 Å². The van der Waals surface area contributed by atoms with Crippen LogP contribution in [0, 0.1) is 6.92 Å². The fourth-order valence-electron chi connectivity index (χ4n) is 1.25. The predicted molar refractivity (Wildman–Crippen MR) is 78.8 cm³/mol. The van der Waals surface area contributed by atoms with Crippen molar-refractivity contribution in [3.63, 3.8) is 0 Å². The minimum absolute atomic E-state index is 0.958. The molecule has 1 nitrogen and oxygen atoms in total. The van der Waals surface area contributed by atoms with Crippen LogP contribution in [0.2, 0.25) is 0 Å². The summed E-state index contributed by atoms with van der Waals surface area (Å²) in [4.78, 5) is 4.42. The average molecular weight is 249 g/mol. The van der Waals surface area contributed by atoms with Crippen molar-refractivity contribution in [1.82, 2.24) is 4.98 Å². The molecule has 0 bridgehead atoms. The highest BCUT2D eigenvalue weighted by Crippen LogP contribution is 2.13. The van der Waals surface area contributed by atoms with E-state index in [0.29, 0.717) is 0 Å². The SMILES string of the molecule is CC.CC.Cc1csc(Cc2ccccc2)n1. The van der Waals surface area contributed by atoms with E-state index in [4.69, 9.17) is 0 Å². The lowest BCUT2D eigenvalue weighted by molar-refractivity contribution is 1.10. The molecule has 1 heterocycles. The largest absolute Gasteiger partial charge is 0.246 e. The Morgan fingerprint density at radius 3 is 2.06 bits per heavy atom. The van der Waals surface area contributed by atoms with Crippen molar-refractivity contribution in [2.24, 2.45) is 0 Å². The van der Waals surface area contributed by atoms with Crippen LogP contribution in [0.5, 0.6) is 0 Å². The third-order valence-corrected chi connectivity index (χ3v) is 2.83. The number of aryl methyl sites for hydroxylation is 1. The zero-order valence-electron chi connectivity index (χ0n) is 11.5. The van der Waals surface area contributed by atoms with Crippen molar-refractivity contribution in [2.75, 3.05) is 0 Å². The first-order valence-corrected chi connectivity index (χ1v) is 7.17. The molecule has 0 spiro atoms. The second kappa shape index (κ2) is 10.0. The van der Waals surface area contributed by atoms with Gasteiger partial charge in [-0.05, 0) is 12.5 Å². The van der Waals surface area contributed by atoms with Gasteiger partial charge in [-0.3, -0.25) is 0 Å². The van der Waals surface area contributed by atoms with E-state index in [9.17, 15) is 0 Å². The highest BCUT2D eigenvalue weighted by Gasteiger charge is 1.99. The summed E-state index contributed by atoms with van der Waals surface area (Å²) in [6, 6.07) is 10.4. The molecule has 0 aliphatic heterocycles. The van der Waals surface area contributed by atoms with Gasteiger partial charge in [-0.25, -0.2) is 4.98 Å². The molecule has 1 aromatic heterocycles. The summed E-state index contributed by atoms with van der Waals surface area (Å²) in [5.41, 5.74) is 2.45. The predicted octanol–water partition coefficient (Wildman–Crippen LogP) is 5.09. The molecule has 1 aromatic carbocycles. The van der Waals surface area contributed by atoms with Crippen LogP contribution in [0.4, 0.5) is 0 Å². The Balaban J connectivity index is 0.000000581. The molecule has 0 fully saturated rings. The van der Waals surface area contributed by atoms with Crippen molar-refractivity contribution in [3.05, 3.63) is 52.0 Å². The summed E-state index contributed by atoms with van der Waals surface area (Å²) in [5.74, 6) is 0. The first-order chi connectivity index (χ1) is 8.34. The van der Waals surface area contributed by atoms with Crippen LogP contribution >= 0.6 is 11.3 Å². The minimum Gasteiger partial charge on any atom is -0.246 e. The Hall–Kier alpha value is -1.15. The van der Waals surface area contributed by atoms with Crippen LogP contribution < -0.4 is 0 Å². The van der Waals surface area contributed by atoms with E-state index in [2.05, 4.69) is 34.6 Å². The molecule has 0 amide bonds. The molecular formula is C15H23NS. The van der Waals surface area contributed by atoms with Crippen LogP contribution in [0.3, 0.4) is 0 Å². The zero-order valence-corrected chi connectivity index (χ0v) is 12.3. The fourth-order valence-corrected chi connectivity index (χ4v) is 2.06. The number of benzene rings is 1.